The van der Waals surface area contributed by atoms with Crippen LogP contribution in [0.25, 0.3) is 0 Å². The Morgan fingerprint density at radius 2 is 2.14 bits per heavy atom. The van der Waals surface area contributed by atoms with Crippen molar-refractivity contribution >= 4 is 23.2 Å². The number of hydrogen-bond donors (Lipinski definition) is 1. The van der Waals surface area contributed by atoms with Crippen molar-refractivity contribution in [2.45, 2.75) is 39.2 Å². The van der Waals surface area contributed by atoms with Crippen molar-refractivity contribution < 1.29 is 4.74 Å². The molecular formula is C20H26ClN7O. The molecule has 2 aromatic heterocycles. The predicted octanol–water partition coefficient (Wildman–Crippen LogP) is 3.36. The van der Waals surface area contributed by atoms with E-state index in [9.17, 15) is 5.26 Å². The van der Waals surface area contributed by atoms with Crippen molar-refractivity contribution in [1.82, 2.24) is 24.6 Å². The van der Waals surface area contributed by atoms with E-state index in [1.807, 2.05) is 6.92 Å². The average Bonchev–Trinajstić information content (AvgIpc) is 2.99. The summed E-state index contributed by atoms with van der Waals surface area (Å²) in [5.74, 6) is 1.32. The second-order valence-corrected chi connectivity index (χ2v) is 9.38. The number of aryl methyl sites for hydroxylation is 1. The summed E-state index contributed by atoms with van der Waals surface area (Å²) in [5.41, 5.74) is 1.27. The molecule has 29 heavy (non-hydrogen) atoms. The number of likely N-dealkylation sites (tertiary alicyclic amines) is 1. The van der Waals surface area contributed by atoms with Crippen LogP contribution in [-0.4, -0.2) is 51.4 Å². The van der Waals surface area contributed by atoms with Gasteiger partial charge in [-0.25, -0.2) is 4.98 Å². The number of ether oxygens (including phenoxy) is 1. The maximum Gasteiger partial charge on any atom is 0.237 e. The van der Waals surface area contributed by atoms with Gasteiger partial charge in [-0.2, -0.15) is 15.3 Å². The minimum atomic E-state index is -0.741. The molecule has 3 heterocycles. The monoisotopic (exact) mass is 415 g/mol. The van der Waals surface area contributed by atoms with Crippen LogP contribution < -0.4 is 10.1 Å². The highest BCUT2D eigenvalue weighted by Gasteiger charge is 2.51. The Morgan fingerprint density at radius 3 is 2.79 bits per heavy atom. The van der Waals surface area contributed by atoms with E-state index in [0.29, 0.717) is 34.8 Å². The number of hydrogen-bond acceptors (Lipinski definition) is 7. The Labute approximate surface area is 175 Å². The second-order valence-electron chi connectivity index (χ2n) is 8.97. The van der Waals surface area contributed by atoms with Crippen LogP contribution in [0.15, 0.2) is 12.4 Å². The maximum absolute atomic E-state index is 9.31. The zero-order chi connectivity index (χ0) is 20.8. The average molecular weight is 416 g/mol. The van der Waals surface area contributed by atoms with Gasteiger partial charge >= 0.3 is 0 Å². The molecule has 1 aliphatic heterocycles. The fourth-order valence-corrected chi connectivity index (χ4v) is 4.54. The Morgan fingerprint density at radius 1 is 1.41 bits per heavy atom. The lowest BCUT2D eigenvalue weighted by atomic mass is 9.58. The van der Waals surface area contributed by atoms with E-state index in [0.717, 1.165) is 11.4 Å². The summed E-state index contributed by atoms with van der Waals surface area (Å²) in [6, 6.07) is 2.23. The van der Waals surface area contributed by atoms with Gasteiger partial charge in [0.25, 0.3) is 0 Å². The first-order valence-corrected chi connectivity index (χ1v) is 10.2. The van der Waals surface area contributed by atoms with Gasteiger partial charge in [0.05, 0.1) is 36.5 Å². The zero-order valence-electron chi connectivity index (χ0n) is 17.2. The highest BCUT2D eigenvalue weighted by molar-refractivity contribution is 6.31. The number of halogens is 1. The van der Waals surface area contributed by atoms with Crippen LogP contribution in [0.4, 0.5) is 11.6 Å². The molecule has 0 amide bonds. The highest BCUT2D eigenvalue weighted by atomic mass is 35.5. The number of anilines is 2. The first kappa shape index (κ1) is 19.9. The third-order valence-corrected chi connectivity index (χ3v) is 6.07. The van der Waals surface area contributed by atoms with Crippen molar-refractivity contribution in [3.05, 3.63) is 23.1 Å². The lowest BCUT2D eigenvalue weighted by Gasteiger charge is -2.58. The molecule has 0 bridgehead atoms. The number of nitrogens with zero attached hydrogens (tertiary/aromatic N) is 6. The SMILES string of the molecule is Cc1nn(C(C)(C)C#N)cc1Nc1ncc(Cl)c(OCC2CC3(C2)CN(C)C3)n1. The first-order chi connectivity index (χ1) is 13.7. The summed E-state index contributed by atoms with van der Waals surface area (Å²) in [7, 11) is 2.16. The number of nitrogens with one attached hydrogen (secondary N) is 1. The molecule has 0 unspecified atom stereocenters. The molecule has 0 aromatic carbocycles. The van der Waals surface area contributed by atoms with E-state index in [4.69, 9.17) is 16.3 Å². The number of aromatic nitrogens is 4. The molecular weight excluding hydrogens is 390 g/mol. The highest BCUT2D eigenvalue weighted by Crippen LogP contribution is 2.51. The van der Waals surface area contributed by atoms with E-state index in [2.05, 4.69) is 38.4 Å². The molecule has 1 N–H and O–H groups in total. The normalized spacial score (nSPS) is 18.8. The Balaban J connectivity index is 1.39. The molecule has 8 nitrogen and oxygen atoms in total. The molecule has 4 rings (SSSR count). The van der Waals surface area contributed by atoms with Crippen LogP contribution in [0.5, 0.6) is 5.88 Å². The molecule has 9 heteroatoms. The first-order valence-electron chi connectivity index (χ1n) is 9.79. The van der Waals surface area contributed by atoms with E-state index in [1.54, 1.807) is 24.7 Å². The molecule has 0 atom stereocenters. The van der Waals surface area contributed by atoms with Crippen LogP contribution in [0.2, 0.25) is 5.02 Å². The molecule has 2 aliphatic rings. The summed E-state index contributed by atoms with van der Waals surface area (Å²) in [5, 5.41) is 17.3. The minimum Gasteiger partial charge on any atom is -0.476 e. The Bertz CT molecular complexity index is 950. The molecule has 1 saturated heterocycles. The number of rotatable bonds is 6. The predicted molar refractivity (Wildman–Crippen MR) is 110 cm³/mol. The van der Waals surface area contributed by atoms with Crippen LogP contribution in [0.1, 0.15) is 32.4 Å². The smallest absolute Gasteiger partial charge is 0.237 e. The third kappa shape index (κ3) is 3.89. The van der Waals surface area contributed by atoms with Crippen molar-refractivity contribution in [2.75, 3.05) is 32.1 Å². The van der Waals surface area contributed by atoms with E-state index in [1.165, 1.54) is 32.1 Å². The van der Waals surface area contributed by atoms with Crippen LogP contribution in [0.3, 0.4) is 0 Å². The summed E-state index contributed by atoms with van der Waals surface area (Å²) < 4.78 is 7.54. The van der Waals surface area contributed by atoms with Gasteiger partial charge in [0.15, 0.2) is 0 Å². The van der Waals surface area contributed by atoms with Crippen LogP contribution >= 0.6 is 11.6 Å². The molecule has 1 spiro atoms. The van der Waals surface area contributed by atoms with Gasteiger partial charge in [0, 0.05) is 13.1 Å². The van der Waals surface area contributed by atoms with Crippen LogP contribution in [-0.2, 0) is 5.54 Å². The largest absolute Gasteiger partial charge is 0.476 e. The fraction of sp³-hybridized carbons (Fsp3) is 0.600. The van der Waals surface area contributed by atoms with Gasteiger partial charge < -0.3 is 15.0 Å². The lowest BCUT2D eigenvalue weighted by molar-refractivity contribution is -0.0917. The molecule has 2 aromatic rings. The van der Waals surface area contributed by atoms with E-state index in [-0.39, 0.29) is 0 Å². The number of nitriles is 1. The lowest BCUT2D eigenvalue weighted by Crippen LogP contribution is -2.61. The molecule has 154 valence electrons. The topological polar surface area (TPSA) is 91.9 Å². The quantitative estimate of drug-likeness (QED) is 0.773. The Hall–Kier alpha value is -2.37. The fourth-order valence-electron chi connectivity index (χ4n) is 4.39. The van der Waals surface area contributed by atoms with Gasteiger partial charge in [-0.15, -0.1) is 0 Å². The molecule has 1 saturated carbocycles. The Kier molecular flexibility index (Phi) is 4.91. The summed E-state index contributed by atoms with van der Waals surface area (Å²) in [6.07, 6.45) is 5.73. The third-order valence-electron chi connectivity index (χ3n) is 5.81. The molecule has 1 aliphatic carbocycles. The second kappa shape index (κ2) is 7.15. The van der Waals surface area contributed by atoms with Crippen molar-refractivity contribution in [2.24, 2.45) is 11.3 Å². The summed E-state index contributed by atoms with van der Waals surface area (Å²) in [4.78, 5) is 11.0. The van der Waals surface area contributed by atoms with Gasteiger partial charge in [0.1, 0.15) is 10.6 Å². The van der Waals surface area contributed by atoms with E-state index >= 15 is 0 Å². The maximum atomic E-state index is 9.31. The van der Waals surface area contributed by atoms with Crippen LogP contribution in [0, 0.1) is 29.6 Å². The van der Waals surface area contributed by atoms with E-state index < -0.39 is 5.54 Å². The zero-order valence-corrected chi connectivity index (χ0v) is 18.0. The van der Waals surface area contributed by atoms with Gasteiger partial charge in [-0.3, -0.25) is 4.68 Å². The minimum absolute atomic E-state index is 0.382. The van der Waals surface area contributed by atoms with Crippen molar-refractivity contribution in [3.63, 3.8) is 0 Å². The molecule has 2 fully saturated rings. The van der Waals surface area contributed by atoms with Gasteiger partial charge in [0.2, 0.25) is 11.8 Å². The standard InChI is InChI=1S/C20H26ClN7O/c1-13-16(8-28(26-13)19(2,3)10-22)24-18-23-7-15(21)17(25-18)29-9-14-5-20(6-14)11-27(4)12-20/h7-8,14H,5-6,9,11-12H2,1-4H3,(H,23,24,25). The van der Waals surface area contributed by atoms with Crippen molar-refractivity contribution in [3.8, 4) is 11.9 Å². The van der Waals surface area contributed by atoms with Gasteiger partial charge in [-0.1, -0.05) is 11.6 Å². The van der Waals surface area contributed by atoms with Crippen molar-refractivity contribution in [1.29, 1.82) is 5.26 Å². The molecule has 0 radical (unpaired) electrons. The summed E-state index contributed by atoms with van der Waals surface area (Å²) >= 11 is 6.23. The van der Waals surface area contributed by atoms with Gasteiger partial charge in [-0.05, 0) is 52.0 Å². The summed E-state index contributed by atoms with van der Waals surface area (Å²) in [6.45, 7) is 8.49.